The van der Waals surface area contributed by atoms with Gasteiger partial charge in [-0.05, 0) is 61.4 Å². The molecule has 6 nitrogen and oxygen atoms in total. The van der Waals surface area contributed by atoms with E-state index in [0.717, 1.165) is 45.3 Å². The van der Waals surface area contributed by atoms with Crippen LogP contribution >= 0.6 is 0 Å². The maximum absolute atomic E-state index is 13.9. The van der Waals surface area contributed by atoms with E-state index < -0.39 is 0 Å². The van der Waals surface area contributed by atoms with Gasteiger partial charge in [0.15, 0.2) is 0 Å². The van der Waals surface area contributed by atoms with Crippen molar-refractivity contribution in [1.29, 1.82) is 0 Å². The number of nitrogens with zero attached hydrogens (tertiary/aromatic N) is 4. The summed E-state index contributed by atoms with van der Waals surface area (Å²) in [5.74, 6) is 0.963. The molecule has 6 rings (SSSR count). The van der Waals surface area contributed by atoms with E-state index in [2.05, 4.69) is 46.4 Å². The van der Waals surface area contributed by atoms with Crippen LogP contribution in [0.3, 0.4) is 0 Å². The number of amides is 2. The van der Waals surface area contributed by atoms with Crippen LogP contribution in [-0.2, 0) is 6.54 Å². The number of aromatic nitrogens is 3. The lowest BCUT2D eigenvalue weighted by atomic mass is 10.0. The number of nitrogens with one attached hydrogen (secondary N) is 1. The zero-order valence-electron chi connectivity index (χ0n) is 20.3. The number of benzene rings is 3. The van der Waals surface area contributed by atoms with E-state index in [1.165, 1.54) is 0 Å². The van der Waals surface area contributed by atoms with E-state index in [4.69, 9.17) is 5.10 Å². The molecule has 178 valence electrons. The van der Waals surface area contributed by atoms with Crippen molar-refractivity contribution in [3.63, 3.8) is 0 Å². The highest BCUT2D eigenvalue weighted by molar-refractivity contribution is 5.90. The number of urea groups is 1. The summed E-state index contributed by atoms with van der Waals surface area (Å²) in [6, 6.07) is 31.9. The van der Waals surface area contributed by atoms with Crippen molar-refractivity contribution in [3.05, 3.63) is 131 Å². The Labute approximate surface area is 210 Å². The molecule has 1 atom stereocenters. The molecule has 2 amide bonds. The molecule has 2 aromatic heterocycles. The monoisotopic (exact) mass is 473 g/mol. The standard InChI is InChI=1S/C30H27N5O/c1-21-11-9-14-24(19-21)31-30(36)34-20-26-22(2)32-35(25-15-7-4-8-16-25)29(26)33-18-10-17-27(33)28(34)23-12-5-3-6-13-23/h3-19,28H,20H2,1-2H3,(H,31,36)/t28-/m1/s1. The van der Waals surface area contributed by atoms with Crippen molar-refractivity contribution < 1.29 is 4.79 Å². The fraction of sp³-hybridized carbons (Fsp3) is 0.133. The first-order valence-electron chi connectivity index (χ1n) is 12.1. The normalized spacial score (nSPS) is 14.6. The molecular formula is C30H27N5O. The van der Waals surface area contributed by atoms with Gasteiger partial charge < -0.3 is 14.8 Å². The van der Waals surface area contributed by atoms with Gasteiger partial charge in [0.2, 0.25) is 0 Å². The Hall–Kier alpha value is -4.58. The van der Waals surface area contributed by atoms with Gasteiger partial charge in [0, 0.05) is 17.4 Å². The van der Waals surface area contributed by atoms with Crippen LogP contribution in [0.4, 0.5) is 10.5 Å². The van der Waals surface area contributed by atoms with Gasteiger partial charge in [-0.2, -0.15) is 5.10 Å². The van der Waals surface area contributed by atoms with Crippen molar-refractivity contribution in [2.75, 3.05) is 5.32 Å². The number of carbonyl (C=O) groups excluding carboxylic acids is 1. The number of carbonyl (C=O) groups is 1. The SMILES string of the molecule is Cc1cccc(NC(=O)N2Cc3c(C)nn(-c4ccccc4)c3-n3cccc3[C@H]2c2ccccc2)c1. The number of anilines is 1. The number of hydrogen-bond donors (Lipinski definition) is 1. The zero-order valence-corrected chi connectivity index (χ0v) is 20.3. The van der Waals surface area contributed by atoms with Crippen LogP contribution < -0.4 is 5.32 Å². The van der Waals surface area contributed by atoms with Crippen molar-refractivity contribution >= 4 is 11.7 Å². The van der Waals surface area contributed by atoms with Gasteiger partial charge in [-0.3, -0.25) is 0 Å². The predicted molar refractivity (Wildman–Crippen MR) is 142 cm³/mol. The second kappa shape index (κ2) is 8.89. The predicted octanol–water partition coefficient (Wildman–Crippen LogP) is 6.42. The van der Waals surface area contributed by atoms with Gasteiger partial charge in [-0.25, -0.2) is 9.48 Å². The zero-order chi connectivity index (χ0) is 24.6. The third-order valence-electron chi connectivity index (χ3n) is 6.73. The molecule has 0 radical (unpaired) electrons. The van der Waals surface area contributed by atoms with Crippen molar-refractivity contribution in [2.24, 2.45) is 0 Å². The lowest BCUT2D eigenvalue weighted by molar-refractivity contribution is 0.194. The molecule has 3 heterocycles. The van der Waals surface area contributed by atoms with E-state index in [1.54, 1.807) is 0 Å². The van der Waals surface area contributed by atoms with E-state index in [-0.39, 0.29) is 12.1 Å². The van der Waals surface area contributed by atoms with Crippen LogP contribution in [0.5, 0.6) is 0 Å². The summed E-state index contributed by atoms with van der Waals surface area (Å²) in [5.41, 5.74) is 6.85. The first-order chi connectivity index (χ1) is 17.6. The minimum absolute atomic E-state index is 0.151. The molecule has 0 unspecified atom stereocenters. The molecule has 0 saturated heterocycles. The van der Waals surface area contributed by atoms with Gasteiger partial charge in [0.25, 0.3) is 0 Å². The molecule has 36 heavy (non-hydrogen) atoms. The van der Waals surface area contributed by atoms with Crippen LogP contribution in [-0.4, -0.2) is 25.3 Å². The Morgan fingerprint density at radius 3 is 2.39 bits per heavy atom. The molecule has 3 aromatic carbocycles. The van der Waals surface area contributed by atoms with Crippen LogP contribution in [0.25, 0.3) is 11.5 Å². The number of aryl methyl sites for hydroxylation is 2. The molecule has 1 N–H and O–H groups in total. The fourth-order valence-electron chi connectivity index (χ4n) is 5.05. The maximum atomic E-state index is 13.9. The van der Waals surface area contributed by atoms with E-state index in [9.17, 15) is 4.79 Å². The second-order valence-corrected chi connectivity index (χ2v) is 9.18. The molecule has 0 saturated carbocycles. The maximum Gasteiger partial charge on any atom is 0.322 e. The van der Waals surface area contributed by atoms with Gasteiger partial charge in [-0.1, -0.05) is 60.7 Å². The van der Waals surface area contributed by atoms with Gasteiger partial charge in [-0.15, -0.1) is 0 Å². The van der Waals surface area contributed by atoms with Crippen molar-refractivity contribution in [1.82, 2.24) is 19.2 Å². The molecule has 0 spiro atoms. The Morgan fingerprint density at radius 2 is 1.64 bits per heavy atom. The van der Waals surface area contributed by atoms with Crippen LogP contribution in [0.1, 0.15) is 34.1 Å². The van der Waals surface area contributed by atoms with E-state index in [0.29, 0.717) is 6.54 Å². The summed E-state index contributed by atoms with van der Waals surface area (Å²) in [5, 5.41) is 8.05. The summed E-state index contributed by atoms with van der Waals surface area (Å²) in [6.07, 6.45) is 2.06. The lowest BCUT2D eigenvalue weighted by Gasteiger charge is -2.31. The molecule has 5 aromatic rings. The average Bonchev–Trinajstić information content (AvgIpc) is 3.45. The summed E-state index contributed by atoms with van der Waals surface area (Å²) < 4.78 is 4.16. The summed E-state index contributed by atoms with van der Waals surface area (Å²) in [4.78, 5) is 15.8. The summed E-state index contributed by atoms with van der Waals surface area (Å²) in [7, 11) is 0. The molecular weight excluding hydrogens is 446 g/mol. The summed E-state index contributed by atoms with van der Waals surface area (Å²) >= 11 is 0. The highest BCUT2D eigenvalue weighted by Gasteiger charge is 2.35. The Balaban J connectivity index is 1.53. The third kappa shape index (κ3) is 3.77. The van der Waals surface area contributed by atoms with Crippen LogP contribution in [0.2, 0.25) is 0 Å². The first-order valence-corrected chi connectivity index (χ1v) is 12.1. The van der Waals surface area contributed by atoms with Crippen molar-refractivity contribution in [2.45, 2.75) is 26.4 Å². The Morgan fingerprint density at radius 1 is 0.889 bits per heavy atom. The van der Waals surface area contributed by atoms with E-state index >= 15 is 0 Å². The molecule has 0 fully saturated rings. The van der Waals surface area contributed by atoms with Crippen LogP contribution in [0, 0.1) is 13.8 Å². The first kappa shape index (κ1) is 21.9. The highest BCUT2D eigenvalue weighted by atomic mass is 16.2. The molecule has 1 aliphatic rings. The molecule has 1 aliphatic heterocycles. The molecule has 0 bridgehead atoms. The largest absolute Gasteiger partial charge is 0.322 e. The topological polar surface area (TPSA) is 55.1 Å². The number of para-hydroxylation sites is 1. The summed E-state index contributed by atoms with van der Waals surface area (Å²) in [6.45, 7) is 4.46. The lowest BCUT2D eigenvalue weighted by Crippen LogP contribution is -2.38. The fourth-order valence-corrected chi connectivity index (χ4v) is 5.05. The van der Waals surface area contributed by atoms with Gasteiger partial charge in [0.05, 0.1) is 29.7 Å². The third-order valence-corrected chi connectivity index (χ3v) is 6.73. The average molecular weight is 474 g/mol. The minimum Gasteiger partial charge on any atom is -0.308 e. The quantitative estimate of drug-likeness (QED) is 0.329. The molecule has 0 aliphatic carbocycles. The van der Waals surface area contributed by atoms with Crippen molar-refractivity contribution in [3.8, 4) is 11.5 Å². The minimum atomic E-state index is -0.276. The number of fused-ring (bicyclic) bond motifs is 3. The number of hydrogen-bond acceptors (Lipinski definition) is 2. The van der Waals surface area contributed by atoms with Gasteiger partial charge >= 0.3 is 6.03 Å². The second-order valence-electron chi connectivity index (χ2n) is 9.18. The van der Waals surface area contributed by atoms with E-state index in [1.807, 2.05) is 90.2 Å². The molecule has 6 heteroatoms. The highest BCUT2D eigenvalue weighted by Crippen LogP contribution is 2.38. The Bertz CT molecular complexity index is 1530. The Kier molecular flexibility index (Phi) is 5.41. The smallest absolute Gasteiger partial charge is 0.308 e. The van der Waals surface area contributed by atoms with Gasteiger partial charge in [0.1, 0.15) is 5.82 Å². The number of rotatable bonds is 3. The van der Waals surface area contributed by atoms with Crippen LogP contribution in [0.15, 0.2) is 103 Å².